The van der Waals surface area contributed by atoms with Crippen molar-refractivity contribution in [3.63, 3.8) is 0 Å². The number of amides is 3. The van der Waals surface area contributed by atoms with E-state index in [4.69, 9.17) is 10.2 Å². The Labute approximate surface area is 163 Å². The third kappa shape index (κ3) is 7.45. The van der Waals surface area contributed by atoms with Crippen LogP contribution in [0.15, 0.2) is 0 Å². The maximum absolute atomic E-state index is 11.9. The number of carboxylic acid groups (broad SMARTS) is 2. The van der Waals surface area contributed by atoms with E-state index in [2.05, 4.69) is 0 Å². The third-order valence-electron chi connectivity index (χ3n) is 3.39. The molecule has 146 valence electrons. The average molecular weight is 484 g/mol. The standard InChI is InChI=1S/C12H15IN2O6.C3H6O2/c1-7(12(20)21)8(16)4-5-14(11(19)6-13)15-9(17)2-3-10(15)18;1-2-3(4)5/h7H,2-6H2,1H3,(H,20,21);2H2,1H3,(H,4,5). The highest BCUT2D eigenvalue weighted by Gasteiger charge is 2.36. The summed E-state index contributed by atoms with van der Waals surface area (Å²) in [4.78, 5) is 66.9. The van der Waals surface area contributed by atoms with E-state index >= 15 is 0 Å². The van der Waals surface area contributed by atoms with Crippen molar-refractivity contribution in [1.29, 1.82) is 0 Å². The number of hydrogen-bond donors (Lipinski definition) is 2. The average Bonchev–Trinajstić information content (AvgIpc) is 2.93. The van der Waals surface area contributed by atoms with Gasteiger partial charge < -0.3 is 10.2 Å². The molecular weight excluding hydrogens is 463 g/mol. The Morgan fingerprint density at radius 1 is 1.15 bits per heavy atom. The number of carboxylic acids is 2. The van der Waals surface area contributed by atoms with Crippen molar-refractivity contribution in [3.8, 4) is 0 Å². The van der Waals surface area contributed by atoms with Crippen LogP contribution in [0, 0.1) is 5.92 Å². The Morgan fingerprint density at radius 3 is 1.96 bits per heavy atom. The SMILES string of the molecule is CC(C(=O)O)C(=O)CCN(C(=O)CI)N1C(=O)CCC1=O.CCC(=O)O. The molecule has 0 aromatic rings. The minimum atomic E-state index is -1.25. The number of hydrogen-bond acceptors (Lipinski definition) is 6. The molecule has 0 bridgehead atoms. The summed E-state index contributed by atoms with van der Waals surface area (Å²) in [5.74, 6) is -5.20. The van der Waals surface area contributed by atoms with E-state index < -0.39 is 41.4 Å². The Kier molecular flexibility index (Phi) is 10.6. The Balaban J connectivity index is 0.00000110. The van der Waals surface area contributed by atoms with E-state index in [0.717, 1.165) is 10.0 Å². The maximum Gasteiger partial charge on any atom is 0.313 e. The Morgan fingerprint density at radius 2 is 1.62 bits per heavy atom. The molecule has 26 heavy (non-hydrogen) atoms. The molecule has 1 heterocycles. The van der Waals surface area contributed by atoms with Crippen molar-refractivity contribution in [3.05, 3.63) is 0 Å². The van der Waals surface area contributed by atoms with Gasteiger partial charge in [0.05, 0.1) is 11.0 Å². The fourth-order valence-electron chi connectivity index (χ4n) is 1.81. The van der Waals surface area contributed by atoms with Crippen LogP contribution in [-0.4, -0.2) is 66.6 Å². The number of carbonyl (C=O) groups excluding carboxylic acids is 4. The summed E-state index contributed by atoms with van der Waals surface area (Å²) in [5, 5.41) is 18.2. The first kappa shape index (κ1) is 23.9. The predicted molar refractivity (Wildman–Crippen MR) is 96.0 cm³/mol. The number of carbonyl (C=O) groups is 6. The van der Waals surface area contributed by atoms with Gasteiger partial charge in [0, 0.05) is 25.7 Å². The van der Waals surface area contributed by atoms with Crippen LogP contribution < -0.4 is 0 Å². The van der Waals surface area contributed by atoms with Gasteiger partial charge in [-0.2, -0.15) is 5.01 Å². The van der Waals surface area contributed by atoms with E-state index in [-0.39, 0.29) is 36.7 Å². The summed E-state index contributed by atoms with van der Waals surface area (Å²) in [5.41, 5.74) is 0. The minimum Gasteiger partial charge on any atom is -0.481 e. The molecular formula is C15H21IN2O8. The van der Waals surface area contributed by atoms with Gasteiger partial charge >= 0.3 is 11.9 Å². The molecule has 0 aromatic heterocycles. The van der Waals surface area contributed by atoms with Gasteiger partial charge in [0.25, 0.3) is 5.91 Å². The van der Waals surface area contributed by atoms with Crippen molar-refractivity contribution in [2.24, 2.45) is 5.92 Å². The number of aliphatic carboxylic acids is 2. The van der Waals surface area contributed by atoms with Gasteiger partial charge in [-0.15, -0.1) is 0 Å². The molecule has 1 atom stereocenters. The minimum absolute atomic E-state index is 0.0311. The normalized spacial score (nSPS) is 14.3. The van der Waals surface area contributed by atoms with Crippen molar-refractivity contribution in [2.45, 2.75) is 39.5 Å². The van der Waals surface area contributed by atoms with Crippen molar-refractivity contribution in [1.82, 2.24) is 10.0 Å². The zero-order valence-electron chi connectivity index (χ0n) is 14.4. The number of nitrogens with zero attached hydrogens (tertiary/aromatic N) is 2. The maximum atomic E-state index is 11.9. The molecule has 0 radical (unpaired) electrons. The predicted octanol–water partition coefficient (Wildman–Crippen LogP) is 0.475. The first-order valence-electron chi connectivity index (χ1n) is 7.76. The summed E-state index contributed by atoms with van der Waals surface area (Å²) in [6.07, 6.45) is 0.0551. The lowest BCUT2D eigenvalue weighted by atomic mass is 10.0. The molecule has 1 fully saturated rings. The lowest BCUT2D eigenvalue weighted by Gasteiger charge is -2.29. The number of imide groups is 1. The van der Waals surface area contributed by atoms with E-state index in [9.17, 15) is 28.8 Å². The summed E-state index contributed by atoms with van der Waals surface area (Å²) >= 11 is 1.79. The lowest BCUT2D eigenvalue weighted by molar-refractivity contribution is -0.167. The van der Waals surface area contributed by atoms with E-state index in [1.807, 2.05) is 0 Å². The van der Waals surface area contributed by atoms with E-state index in [1.54, 1.807) is 29.5 Å². The molecule has 1 saturated heterocycles. The first-order chi connectivity index (χ1) is 12.1. The van der Waals surface area contributed by atoms with Crippen molar-refractivity contribution in [2.75, 3.05) is 11.0 Å². The van der Waals surface area contributed by atoms with Crippen LogP contribution in [0.1, 0.15) is 39.5 Å². The monoisotopic (exact) mass is 484 g/mol. The highest BCUT2D eigenvalue weighted by atomic mass is 127. The molecule has 0 aromatic carbocycles. The molecule has 3 amide bonds. The van der Waals surface area contributed by atoms with E-state index in [1.165, 1.54) is 6.92 Å². The molecule has 0 saturated carbocycles. The number of Topliss-reactive ketones (excluding diaryl/α,β-unsaturated/α-hetero) is 1. The van der Waals surface area contributed by atoms with Crippen LogP contribution >= 0.6 is 22.6 Å². The summed E-state index contributed by atoms with van der Waals surface area (Å²) in [6, 6.07) is 0. The van der Waals surface area contributed by atoms with Crippen LogP contribution in [0.5, 0.6) is 0 Å². The number of rotatable bonds is 8. The second-order valence-corrected chi connectivity index (χ2v) is 6.04. The van der Waals surface area contributed by atoms with E-state index in [0.29, 0.717) is 0 Å². The fourth-order valence-corrected chi connectivity index (χ4v) is 2.20. The third-order valence-corrected chi connectivity index (χ3v) is 4.05. The summed E-state index contributed by atoms with van der Waals surface area (Å²) in [6.45, 7) is 2.67. The summed E-state index contributed by atoms with van der Waals surface area (Å²) in [7, 11) is 0. The molecule has 11 heteroatoms. The summed E-state index contributed by atoms with van der Waals surface area (Å²) < 4.78 is 0.0392. The molecule has 0 aliphatic carbocycles. The smallest absolute Gasteiger partial charge is 0.313 e. The highest BCUT2D eigenvalue weighted by Crippen LogP contribution is 2.16. The molecule has 2 N–H and O–H groups in total. The van der Waals surface area contributed by atoms with Gasteiger partial charge in [0.15, 0.2) is 0 Å². The molecule has 1 unspecified atom stereocenters. The quantitative estimate of drug-likeness (QED) is 0.219. The number of hydrazine groups is 1. The highest BCUT2D eigenvalue weighted by molar-refractivity contribution is 14.1. The molecule has 0 spiro atoms. The van der Waals surface area contributed by atoms with Gasteiger partial charge in [-0.1, -0.05) is 29.5 Å². The second kappa shape index (κ2) is 11.5. The fraction of sp³-hybridized carbons (Fsp3) is 0.600. The zero-order valence-corrected chi connectivity index (χ0v) is 16.6. The number of ketones is 1. The van der Waals surface area contributed by atoms with Crippen LogP contribution in [0.4, 0.5) is 0 Å². The first-order valence-corrected chi connectivity index (χ1v) is 9.28. The molecule has 1 aliphatic heterocycles. The van der Waals surface area contributed by atoms with Crippen LogP contribution in [-0.2, 0) is 28.8 Å². The lowest BCUT2D eigenvalue weighted by Crippen LogP contribution is -2.50. The second-order valence-electron chi connectivity index (χ2n) is 5.27. The number of halogens is 1. The van der Waals surface area contributed by atoms with Gasteiger partial charge in [0.2, 0.25) is 11.8 Å². The van der Waals surface area contributed by atoms with Crippen molar-refractivity contribution >= 4 is 58.0 Å². The van der Waals surface area contributed by atoms with Crippen LogP contribution in [0.2, 0.25) is 0 Å². The van der Waals surface area contributed by atoms with Crippen molar-refractivity contribution < 1.29 is 39.0 Å². The Hall–Kier alpha value is -2.05. The topological polar surface area (TPSA) is 149 Å². The van der Waals surface area contributed by atoms with Crippen LogP contribution in [0.25, 0.3) is 0 Å². The van der Waals surface area contributed by atoms with Crippen LogP contribution in [0.3, 0.4) is 0 Å². The molecule has 10 nitrogen and oxygen atoms in total. The number of alkyl halides is 1. The largest absolute Gasteiger partial charge is 0.481 e. The van der Waals surface area contributed by atoms with Gasteiger partial charge in [0.1, 0.15) is 11.7 Å². The molecule has 1 aliphatic rings. The molecule has 1 rings (SSSR count). The van der Waals surface area contributed by atoms with Gasteiger partial charge in [-0.25, -0.2) is 5.01 Å². The van der Waals surface area contributed by atoms with Gasteiger partial charge in [-0.3, -0.25) is 28.8 Å². The zero-order chi connectivity index (χ0) is 20.4. The van der Waals surface area contributed by atoms with Gasteiger partial charge in [-0.05, 0) is 6.92 Å². The Bertz CT molecular complexity index is 576.